The molecule has 0 aliphatic rings. The molecule has 0 heterocycles. The first-order valence-electron chi connectivity index (χ1n) is 7.22. The van der Waals surface area contributed by atoms with E-state index in [4.69, 9.17) is 19.1 Å². The van der Waals surface area contributed by atoms with Crippen LogP contribution < -0.4 is 29.6 Å². The summed E-state index contributed by atoms with van der Waals surface area (Å²) < 4.78 is 41.2. The summed E-state index contributed by atoms with van der Waals surface area (Å²) in [5.41, 5.74) is 0. The molecule has 2 atom stereocenters. The van der Waals surface area contributed by atoms with E-state index in [-0.39, 0.29) is 37.4 Å². The molecule has 0 radical (unpaired) electrons. The second-order valence-corrected chi connectivity index (χ2v) is 6.41. The third-order valence-electron chi connectivity index (χ3n) is 2.87. The topological polar surface area (TPSA) is 127 Å². The number of hydrogen-bond acceptors (Lipinski definition) is 6. The van der Waals surface area contributed by atoms with E-state index in [9.17, 15) is 18.0 Å². The van der Waals surface area contributed by atoms with Crippen LogP contribution in [0.2, 0.25) is 0 Å². The van der Waals surface area contributed by atoms with E-state index >= 15 is 0 Å². The van der Waals surface area contributed by atoms with Gasteiger partial charge < -0.3 is 16.0 Å². The molecule has 10 heteroatoms. The van der Waals surface area contributed by atoms with E-state index in [1.807, 2.05) is 0 Å². The monoisotopic (exact) mass is 364 g/mol. The summed E-state index contributed by atoms with van der Waals surface area (Å²) in [6, 6.07) is 0. The number of carboxylic acids is 1. The van der Waals surface area contributed by atoms with Crippen molar-refractivity contribution in [1.82, 2.24) is 0 Å². The van der Waals surface area contributed by atoms with Gasteiger partial charge in [-0.3, -0.25) is 14.1 Å². The third-order valence-corrected chi connectivity index (χ3v) is 3.94. The Hall–Kier alpha value is -0.190. The summed E-state index contributed by atoms with van der Waals surface area (Å²) in [6.07, 6.45) is 2.12. The van der Waals surface area contributed by atoms with Gasteiger partial charge in [-0.1, -0.05) is 33.1 Å². The van der Waals surface area contributed by atoms with Gasteiger partial charge in [0.1, 0.15) is 0 Å². The minimum Gasteiger partial charge on any atom is -1.00 e. The number of carbonyl (C=O) groups excluding carboxylic acids is 1. The van der Waals surface area contributed by atoms with Crippen LogP contribution in [-0.4, -0.2) is 48.2 Å². The van der Waals surface area contributed by atoms with Gasteiger partial charge in [0.25, 0.3) is 10.1 Å². The maximum atomic E-state index is 11.7. The smallest absolute Gasteiger partial charge is 1.00 e. The van der Waals surface area contributed by atoms with E-state index in [0.29, 0.717) is 6.61 Å². The van der Waals surface area contributed by atoms with Crippen LogP contribution in [0.25, 0.3) is 0 Å². The number of carboxylic acid groups (broad SMARTS) is 1. The molecule has 0 aliphatic carbocycles. The van der Waals surface area contributed by atoms with Crippen LogP contribution in [0.1, 0.15) is 53.8 Å². The van der Waals surface area contributed by atoms with Crippen LogP contribution in [0, 0.1) is 0 Å². The van der Waals surface area contributed by atoms with Gasteiger partial charge in [0.2, 0.25) is 6.29 Å². The van der Waals surface area contributed by atoms with Crippen LogP contribution in [0.15, 0.2) is 0 Å². The van der Waals surface area contributed by atoms with Crippen LogP contribution in [-0.2, 0) is 29.2 Å². The number of rotatable bonds is 12. The predicted molar refractivity (Wildman–Crippen MR) is 79.0 cm³/mol. The first-order chi connectivity index (χ1) is 10.2. The molecule has 8 nitrogen and oxygen atoms in total. The normalized spacial score (nSPS) is 13.7. The van der Waals surface area contributed by atoms with E-state index in [1.165, 1.54) is 0 Å². The standard InChI is InChI=1S/C13H24O8S.Na.H/c1-3-5-6-7-8-20-12(4-2)21-13(16)10(9-11(14)15)22(17,18)19;;/h10,12H,3-9H2,1-2H3,(H,14,15)(H,17,18,19);;/q;+1;-1. The van der Waals surface area contributed by atoms with Gasteiger partial charge in [-0.2, -0.15) is 8.42 Å². The van der Waals surface area contributed by atoms with Crippen molar-refractivity contribution in [3.63, 3.8) is 0 Å². The van der Waals surface area contributed by atoms with Crippen LogP contribution in [0.3, 0.4) is 0 Å². The Morgan fingerprint density at radius 2 is 1.78 bits per heavy atom. The molecule has 0 fully saturated rings. The molecule has 0 saturated heterocycles. The number of esters is 1. The van der Waals surface area contributed by atoms with Gasteiger partial charge in [0.15, 0.2) is 5.25 Å². The molecular formula is C13H25NaO8S. The molecule has 2 N–H and O–H groups in total. The number of ether oxygens (including phenoxy) is 2. The van der Waals surface area contributed by atoms with Crippen molar-refractivity contribution >= 4 is 22.1 Å². The second-order valence-electron chi connectivity index (χ2n) is 4.81. The first kappa shape index (κ1) is 25.1. The maximum Gasteiger partial charge on any atom is 1.00 e. The average Bonchev–Trinajstić information content (AvgIpc) is 2.41. The Kier molecular flexibility index (Phi) is 14.3. The fourth-order valence-electron chi connectivity index (χ4n) is 1.65. The number of unbranched alkanes of at least 4 members (excludes halogenated alkanes) is 3. The van der Waals surface area contributed by atoms with Gasteiger partial charge in [-0.05, 0) is 6.42 Å². The quantitative estimate of drug-likeness (QED) is 0.144. The largest absolute Gasteiger partial charge is 1.00 e. The Morgan fingerprint density at radius 1 is 1.17 bits per heavy atom. The number of carbonyl (C=O) groups is 2. The second kappa shape index (κ2) is 13.1. The van der Waals surface area contributed by atoms with Crippen molar-refractivity contribution in [2.45, 2.75) is 63.9 Å². The summed E-state index contributed by atoms with van der Waals surface area (Å²) in [7, 11) is -4.86. The molecular weight excluding hydrogens is 339 g/mol. The Labute approximate surface area is 160 Å². The summed E-state index contributed by atoms with van der Waals surface area (Å²) >= 11 is 0. The fraction of sp³-hybridized carbons (Fsp3) is 0.846. The molecule has 0 rings (SSSR count). The van der Waals surface area contributed by atoms with Crippen molar-refractivity contribution in [2.24, 2.45) is 0 Å². The van der Waals surface area contributed by atoms with Crippen molar-refractivity contribution in [2.75, 3.05) is 6.61 Å². The van der Waals surface area contributed by atoms with Crippen molar-refractivity contribution < 1.29 is 68.1 Å². The van der Waals surface area contributed by atoms with E-state index in [0.717, 1.165) is 25.7 Å². The molecule has 0 aromatic carbocycles. The van der Waals surface area contributed by atoms with Gasteiger partial charge in [-0.25, -0.2) is 0 Å². The number of hydrogen-bond donors (Lipinski definition) is 2. The van der Waals surface area contributed by atoms with Crippen molar-refractivity contribution in [3.05, 3.63) is 0 Å². The minimum atomic E-state index is -4.86. The van der Waals surface area contributed by atoms with E-state index < -0.39 is 40.0 Å². The third kappa shape index (κ3) is 11.9. The van der Waals surface area contributed by atoms with Gasteiger partial charge in [0.05, 0.1) is 13.0 Å². The van der Waals surface area contributed by atoms with Gasteiger partial charge >= 0.3 is 41.5 Å². The first-order valence-corrected chi connectivity index (χ1v) is 8.72. The fourth-order valence-corrected chi connectivity index (χ4v) is 2.31. The van der Waals surface area contributed by atoms with Crippen molar-refractivity contribution in [3.8, 4) is 0 Å². The van der Waals surface area contributed by atoms with E-state index in [1.54, 1.807) is 6.92 Å². The van der Waals surface area contributed by atoms with Gasteiger partial charge in [-0.15, -0.1) is 0 Å². The minimum absolute atomic E-state index is 0. The molecule has 0 aliphatic heterocycles. The molecule has 0 spiro atoms. The average molecular weight is 364 g/mol. The summed E-state index contributed by atoms with van der Waals surface area (Å²) in [6.45, 7) is 4.08. The Bertz CT molecular complexity index is 457. The Morgan fingerprint density at radius 3 is 2.22 bits per heavy atom. The zero-order valence-corrected chi connectivity index (χ0v) is 16.7. The molecule has 0 saturated carbocycles. The van der Waals surface area contributed by atoms with Crippen LogP contribution >= 0.6 is 0 Å². The molecule has 0 aromatic rings. The number of aliphatic carboxylic acids is 1. The Balaban J connectivity index is -0.00000220. The van der Waals surface area contributed by atoms with Crippen LogP contribution in [0.5, 0.6) is 0 Å². The maximum absolute atomic E-state index is 11.7. The predicted octanol–water partition coefficient (Wildman–Crippen LogP) is -1.29. The SMILES string of the molecule is CCCCCCOC(CC)OC(=O)C(CC(=O)O)S(=O)(=O)O.[H-].[Na+]. The molecule has 0 amide bonds. The molecule has 0 aromatic heterocycles. The summed E-state index contributed by atoms with van der Waals surface area (Å²) in [5.74, 6) is -2.86. The summed E-state index contributed by atoms with van der Waals surface area (Å²) in [4.78, 5) is 22.3. The molecule has 23 heavy (non-hydrogen) atoms. The van der Waals surface area contributed by atoms with E-state index in [2.05, 4.69) is 6.92 Å². The zero-order valence-electron chi connectivity index (χ0n) is 14.9. The summed E-state index contributed by atoms with van der Waals surface area (Å²) in [5, 5.41) is 6.45. The molecule has 2 unspecified atom stereocenters. The van der Waals surface area contributed by atoms with Crippen LogP contribution in [0.4, 0.5) is 0 Å². The zero-order chi connectivity index (χ0) is 17.2. The molecule has 0 bridgehead atoms. The van der Waals surface area contributed by atoms with Crippen molar-refractivity contribution in [1.29, 1.82) is 0 Å². The molecule has 132 valence electrons. The van der Waals surface area contributed by atoms with Gasteiger partial charge in [0, 0.05) is 6.42 Å².